The maximum absolute atomic E-state index is 12.0. The average Bonchev–Trinajstić information content (AvgIpc) is 2.84. The maximum atomic E-state index is 12.0. The van der Waals surface area contributed by atoms with Crippen LogP contribution in [0.25, 0.3) is 0 Å². The number of nitrogens with zero attached hydrogens (tertiary/aromatic N) is 1. The molecular formula is C10H10ClN3O4S2. The minimum absolute atomic E-state index is 0.0239. The van der Waals surface area contributed by atoms with E-state index in [1.165, 1.54) is 24.4 Å². The molecule has 0 unspecified atom stereocenters. The number of rotatable bonds is 4. The summed E-state index contributed by atoms with van der Waals surface area (Å²) in [6.45, 7) is 0. The summed E-state index contributed by atoms with van der Waals surface area (Å²) < 4.78 is 49.1. The van der Waals surface area contributed by atoms with Gasteiger partial charge < -0.3 is 0 Å². The second kappa shape index (κ2) is 5.08. The Bertz CT molecular complexity index is 829. The molecule has 2 rings (SSSR count). The molecule has 0 aliphatic carbocycles. The lowest BCUT2D eigenvalue weighted by Gasteiger charge is -2.09. The molecule has 0 atom stereocenters. The predicted octanol–water partition coefficient (Wildman–Crippen LogP) is 1.27. The molecule has 1 aromatic heterocycles. The van der Waals surface area contributed by atoms with Gasteiger partial charge in [0, 0.05) is 6.26 Å². The molecule has 0 bridgehead atoms. The van der Waals surface area contributed by atoms with E-state index < -0.39 is 19.9 Å². The minimum atomic E-state index is -3.90. The Labute approximate surface area is 120 Å². The van der Waals surface area contributed by atoms with E-state index in [1.807, 2.05) is 0 Å². The maximum Gasteiger partial charge on any atom is 0.278 e. The molecule has 108 valence electrons. The highest BCUT2D eigenvalue weighted by atomic mass is 35.5. The fourth-order valence-electron chi connectivity index (χ4n) is 1.41. The molecule has 0 fully saturated rings. The van der Waals surface area contributed by atoms with E-state index in [1.54, 1.807) is 0 Å². The first kappa shape index (κ1) is 14.8. The van der Waals surface area contributed by atoms with E-state index in [-0.39, 0.29) is 20.6 Å². The van der Waals surface area contributed by atoms with E-state index in [2.05, 4.69) is 14.9 Å². The lowest BCUT2D eigenvalue weighted by Crippen LogP contribution is -2.14. The van der Waals surface area contributed by atoms with Crippen molar-refractivity contribution in [1.29, 1.82) is 0 Å². The average molecular weight is 336 g/mol. The standard InChI is InChI=1S/C10H10ClN3O4S2/c1-19(15,16)7-2-3-8(11)9(6-7)14-20(17,18)10-4-5-12-13-10/h2-6,14H,1H3,(H,12,13). The fraction of sp³-hybridized carbons (Fsp3) is 0.100. The van der Waals surface area contributed by atoms with E-state index in [0.29, 0.717) is 0 Å². The molecule has 1 aromatic carbocycles. The number of nitrogens with one attached hydrogen (secondary N) is 2. The van der Waals surface area contributed by atoms with E-state index in [4.69, 9.17) is 11.6 Å². The molecule has 0 aliphatic rings. The molecular weight excluding hydrogens is 326 g/mol. The molecule has 0 radical (unpaired) electrons. The summed E-state index contributed by atoms with van der Waals surface area (Å²) in [5, 5.41) is 5.77. The van der Waals surface area contributed by atoms with Crippen LogP contribution in [0.1, 0.15) is 0 Å². The molecule has 1 heterocycles. The largest absolute Gasteiger partial charge is 0.278 e. The van der Waals surface area contributed by atoms with E-state index >= 15 is 0 Å². The predicted molar refractivity (Wildman–Crippen MR) is 74.0 cm³/mol. The molecule has 10 heteroatoms. The summed E-state index contributed by atoms with van der Waals surface area (Å²) in [4.78, 5) is -0.0378. The van der Waals surface area contributed by atoms with Crippen LogP contribution in [0.3, 0.4) is 0 Å². The first-order valence-electron chi connectivity index (χ1n) is 5.22. The van der Waals surface area contributed by atoms with Crippen molar-refractivity contribution in [3.05, 3.63) is 35.5 Å². The van der Waals surface area contributed by atoms with E-state index in [0.717, 1.165) is 12.3 Å². The lowest BCUT2D eigenvalue weighted by atomic mass is 10.3. The molecule has 20 heavy (non-hydrogen) atoms. The highest BCUT2D eigenvalue weighted by Crippen LogP contribution is 2.27. The van der Waals surface area contributed by atoms with Crippen LogP contribution in [-0.4, -0.2) is 33.3 Å². The van der Waals surface area contributed by atoms with Crippen LogP contribution in [0.15, 0.2) is 40.4 Å². The molecule has 0 spiro atoms. The third kappa shape index (κ3) is 3.11. The van der Waals surface area contributed by atoms with Gasteiger partial charge in [-0.05, 0) is 24.3 Å². The highest BCUT2D eigenvalue weighted by Gasteiger charge is 2.18. The number of hydrogen-bond donors (Lipinski definition) is 2. The number of sulfonamides is 1. The number of halogens is 1. The van der Waals surface area contributed by atoms with Crippen molar-refractivity contribution in [1.82, 2.24) is 10.2 Å². The Morgan fingerprint density at radius 2 is 1.90 bits per heavy atom. The summed E-state index contributed by atoms with van der Waals surface area (Å²) >= 11 is 5.87. The summed E-state index contributed by atoms with van der Waals surface area (Å²) in [6.07, 6.45) is 2.30. The van der Waals surface area contributed by atoms with Crippen LogP contribution in [0.2, 0.25) is 5.02 Å². The Morgan fingerprint density at radius 3 is 2.45 bits per heavy atom. The Hall–Kier alpha value is -1.58. The SMILES string of the molecule is CS(=O)(=O)c1ccc(Cl)c(NS(=O)(=O)c2ccn[nH]2)c1. The van der Waals surface area contributed by atoms with Gasteiger partial charge >= 0.3 is 0 Å². The van der Waals surface area contributed by atoms with Gasteiger partial charge in [0.15, 0.2) is 14.9 Å². The molecule has 2 N–H and O–H groups in total. The Morgan fingerprint density at radius 1 is 1.20 bits per heavy atom. The molecule has 0 saturated carbocycles. The van der Waals surface area contributed by atoms with Gasteiger partial charge in [0.05, 0.1) is 21.8 Å². The van der Waals surface area contributed by atoms with Crippen molar-refractivity contribution in [2.24, 2.45) is 0 Å². The van der Waals surface area contributed by atoms with Gasteiger partial charge in [-0.1, -0.05) is 11.6 Å². The quantitative estimate of drug-likeness (QED) is 0.874. The van der Waals surface area contributed by atoms with Crippen LogP contribution in [0.4, 0.5) is 5.69 Å². The number of anilines is 1. The number of sulfone groups is 1. The van der Waals surface area contributed by atoms with Gasteiger partial charge in [0.2, 0.25) is 0 Å². The van der Waals surface area contributed by atoms with Crippen LogP contribution in [0, 0.1) is 0 Å². The zero-order valence-corrected chi connectivity index (χ0v) is 12.6. The Balaban J connectivity index is 2.44. The van der Waals surface area contributed by atoms with E-state index in [9.17, 15) is 16.8 Å². The fourth-order valence-corrected chi connectivity index (χ4v) is 3.25. The summed E-state index contributed by atoms with van der Waals surface area (Å²) in [7, 11) is -7.37. The van der Waals surface area contributed by atoms with Crippen molar-refractivity contribution in [2.75, 3.05) is 11.0 Å². The van der Waals surface area contributed by atoms with Crippen molar-refractivity contribution in [3.63, 3.8) is 0 Å². The third-order valence-electron chi connectivity index (χ3n) is 2.38. The zero-order valence-electron chi connectivity index (χ0n) is 10.2. The molecule has 0 aliphatic heterocycles. The van der Waals surface area contributed by atoms with Gasteiger partial charge in [-0.2, -0.15) is 13.5 Å². The second-order valence-electron chi connectivity index (χ2n) is 3.94. The smallest absolute Gasteiger partial charge is 0.277 e. The van der Waals surface area contributed by atoms with Crippen LogP contribution in [0.5, 0.6) is 0 Å². The van der Waals surface area contributed by atoms with Crippen molar-refractivity contribution >= 4 is 37.1 Å². The number of H-pyrrole nitrogens is 1. The number of hydrogen-bond acceptors (Lipinski definition) is 5. The molecule has 2 aromatic rings. The first-order valence-corrected chi connectivity index (χ1v) is 8.97. The van der Waals surface area contributed by atoms with Crippen molar-refractivity contribution < 1.29 is 16.8 Å². The molecule has 0 saturated heterocycles. The van der Waals surface area contributed by atoms with Gasteiger partial charge in [-0.25, -0.2) is 8.42 Å². The zero-order chi connectivity index (χ0) is 15.0. The highest BCUT2D eigenvalue weighted by molar-refractivity contribution is 7.92. The number of aromatic amines is 1. The second-order valence-corrected chi connectivity index (χ2v) is 8.01. The Kier molecular flexibility index (Phi) is 3.76. The van der Waals surface area contributed by atoms with Gasteiger partial charge in [0.1, 0.15) is 0 Å². The van der Waals surface area contributed by atoms with Crippen LogP contribution >= 0.6 is 11.6 Å². The summed E-state index contributed by atoms with van der Waals surface area (Å²) in [6, 6.07) is 5.02. The molecule has 0 amide bonds. The van der Waals surface area contributed by atoms with Crippen molar-refractivity contribution in [2.45, 2.75) is 9.92 Å². The van der Waals surface area contributed by atoms with Crippen molar-refractivity contribution in [3.8, 4) is 0 Å². The number of benzene rings is 1. The van der Waals surface area contributed by atoms with Gasteiger partial charge in [-0.3, -0.25) is 9.82 Å². The molecule has 7 nitrogen and oxygen atoms in total. The lowest BCUT2D eigenvalue weighted by molar-refractivity contribution is 0.596. The summed E-state index contributed by atoms with van der Waals surface area (Å²) in [5.74, 6) is 0. The summed E-state index contributed by atoms with van der Waals surface area (Å²) in [5.41, 5.74) is -0.0239. The minimum Gasteiger partial charge on any atom is -0.277 e. The van der Waals surface area contributed by atoms with Gasteiger partial charge in [-0.15, -0.1) is 0 Å². The number of aromatic nitrogens is 2. The van der Waals surface area contributed by atoms with Gasteiger partial charge in [0.25, 0.3) is 10.0 Å². The van der Waals surface area contributed by atoms with Crippen LogP contribution in [-0.2, 0) is 19.9 Å². The topological polar surface area (TPSA) is 109 Å². The van der Waals surface area contributed by atoms with Crippen LogP contribution < -0.4 is 4.72 Å². The normalized spacial score (nSPS) is 12.3. The third-order valence-corrected chi connectivity index (χ3v) is 5.11. The monoisotopic (exact) mass is 335 g/mol. The first-order chi connectivity index (χ1) is 9.20.